The zero-order valence-electron chi connectivity index (χ0n) is 18.0. The number of nitrogens with one attached hydrogen (secondary N) is 2. The van der Waals surface area contributed by atoms with Crippen LogP contribution in [0.5, 0.6) is 5.75 Å². The number of nitrogens with zero attached hydrogens (tertiary/aromatic N) is 2. The van der Waals surface area contributed by atoms with Gasteiger partial charge in [0.05, 0.1) is 11.5 Å². The van der Waals surface area contributed by atoms with Crippen LogP contribution in [0.2, 0.25) is 0 Å². The van der Waals surface area contributed by atoms with Gasteiger partial charge >= 0.3 is 0 Å². The second kappa shape index (κ2) is 10.7. The molecular formula is C23H26N4O4S. The van der Waals surface area contributed by atoms with Gasteiger partial charge in [0.1, 0.15) is 5.75 Å². The van der Waals surface area contributed by atoms with Crippen LogP contribution in [-0.4, -0.2) is 30.9 Å². The molecule has 0 unspecified atom stereocenters. The number of benzene rings is 2. The number of aromatic nitrogens is 2. The normalized spacial score (nSPS) is 11.1. The first kappa shape index (κ1) is 23.2. The van der Waals surface area contributed by atoms with Crippen LogP contribution >= 0.6 is 0 Å². The molecule has 0 bridgehead atoms. The molecule has 0 aliphatic rings. The molecule has 1 aromatic heterocycles. The third-order valence-corrected chi connectivity index (χ3v) is 5.90. The monoisotopic (exact) mass is 454 g/mol. The lowest BCUT2D eigenvalue weighted by molar-refractivity contribution is 0.102. The highest BCUT2D eigenvalue weighted by molar-refractivity contribution is 7.92. The molecule has 0 aliphatic carbocycles. The van der Waals surface area contributed by atoms with Gasteiger partial charge in [-0.1, -0.05) is 25.8 Å². The van der Waals surface area contributed by atoms with Crippen LogP contribution in [0, 0.1) is 6.92 Å². The maximum Gasteiger partial charge on any atom is 0.264 e. The quantitative estimate of drug-likeness (QED) is 0.439. The van der Waals surface area contributed by atoms with Gasteiger partial charge < -0.3 is 10.1 Å². The van der Waals surface area contributed by atoms with E-state index in [2.05, 4.69) is 26.9 Å². The van der Waals surface area contributed by atoms with Crippen LogP contribution in [0.25, 0.3) is 0 Å². The Morgan fingerprint density at radius 3 is 2.56 bits per heavy atom. The fourth-order valence-corrected chi connectivity index (χ4v) is 3.82. The molecule has 0 atom stereocenters. The molecule has 2 aromatic carbocycles. The number of anilines is 2. The van der Waals surface area contributed by atoms with Crippen LogP contribution < -0.4 is 14.8 Å². The summed E-state index contributed by atoms with van der Waals surface area (Å²) in [6.45, 7) is 4.48. The van der Waals surface area contributed by atoms with E-state index < -0.39 is 10.0 Å². The van der Waals surface area contributed by atoms with E-state index in [1.807, 2.05) is 6.07 Å². The number of ether oxygens (including phenoxy) is 1. The van der Waals surface area contributed by atoms with Gasteiger partial charge in [0, 0.05) is 23.1 Å². The summed E-state index contributed by atoms with van der Waals surface area (Å²) in [6.07, 6.45) is 4.65. The van der Waals surface area contributed by atoms with Gasteiger partial charge in [-0.15, -0.1) is 0 Å². The molecule has 9 heteroatoms. The number of carbonyl (C=O) groups excluding carboxylic acids is 1. The lowest BCUT2D eigenvalue weighted by Gasteiger charge is -2.10. The molecule has 0 aliphatic heterocycles. The average molecular weight is 455 g/mol. The second-order valence-electron chi connectivity index (χ2n) is 7.19. The molecule has 1 heterocycles. The van der Waals surface area contributed by atoms with Crippen LogP contribution in [0.1, 0.15) is 42.2 Å². The van der Waals surface area contributed by atoms with Gasteiger partial charge in [0.2, 0.25) is 5.95 Å². The first-order chi connectivity index (χ1) is 15.4. The van der Waals surface area contributed by atoms with E-state index >= 15 is 0 Å². The number of sulfonamides is 1. The number of hydrogen-bond acceptors (Lipinski definition) is 6. The van der Waals surface area contributed by atoms with Crippen molar-refractivity contribution < 1.29 is 17.9 Å². The lowest BCUT2D eigenvalue weighted by Crippen LogP contribution is -2.16. The van der Waals surface area contributed by atoms with Crippen molar-refractivity contribution in [3.8, 4) is 5.75 Å². The van der Waals surface area contributed by atoms with Crippen molar-refractivity contribution in [2.24, 2.45) is 0 Å². The molecule has 32 heavy (non-hydrogen) atoms. The van der Waals surface area contributed by atoms with Gasteiger partial charge in [-0.3, -0.25) is 4.79 Å². The zero-order valence-corrected chi connectivity index (χ0v) is 18.9. The van der Waals surface area contributed by atoms with Crippen molar-refractivity contribution in [1.29, 1.82) is 0 Å². The van der Waals surface area contributed by atoms with E-state index in [4.69, 9.17) is 4.74 Å². The molecule has 0 radical (unpaired) electrons. The highest BCUT2D eigenvalue weighted by atomic mass is 32.2. The smallest absolute Gasteiger partial charge is 0.264 e. The lowest BCUT2D eigenvalue weighted by atomic mass is 10.2. The van der Waals surface area contributed by atoms with Crippen molar-refractivity contribution in [2.75, 3.05) is 16.6 Å². The minimum Gasteiger partial charge on any atom is -0.494 e. The van der Waals surface area contributed by atoms with Crippen LogP contribution in [-0.2, 0) is 10.0 Å². The Balaban J connectivity index is 1.63. The zero-order chi connectivity index (χ0) is 23.0. The van der Waals surface area contributed by atoms with Crippen molar-refractivity contribution in [1.82, 2.24) is 9.97 Å². The summed E-state index contributed by atoms with van der Waals surface area (Å²) in [5.41, 5.74) is 1.56. The summed E-state index contributed by atoms with van der Waals surface area (Å²) in [5.74, 6) is 0.324. The van der Waals surface area contributed by atoms with Crippen LogP contribution in [0.3, 0.4) is 0 Å². The topological polar surface area (TPSA) is 110 Å². The summed E-state index contributed by atoms with van der Waals surface area (Å²) in [7, 11) is -3.85. The van der Waals surface area contributed by atoms with Gasteiger partial charge in [0.25, 0.3) is 15.9 Å². The van der Waals surface area contributed by atoms with Gasteiger partial charge in [0.15, 0.2) is 0 Å². The average Bonchev–Trinajstić information content (AvgIpc) is 2.77. The fourth-order valence-electron chi connectivity index (χ4n) is 2.87. The first-order valence-corrected chi connectivity index (χ1v) is 11.8. The molecule has 0 saturated carbocycles. The molecule has 2 N–H and O–H groups in total. The predicted molar refractivity (Wildman–Crippen MR) is 123 cm³/mol. The molecule has 168 valence electrons. The number of unbranched alkanes of at least 4 members (excludes halogenated alkanes) is 2. The number of aryl methyl sites for hydroxylation is 1. The highest BCUT2D eigenvalue weighted by Gasteiger charge is 2.16. The maximum absolute atomic E-state index is 12.6. The van der Waals surface area contributed by atoms with Gasteiger partial charge in [-0.2, -0.15) is 0 Å². The maximum atomic E-state index is 12.6. The van der Waals surface area contributed by atoms with E-state index in [1.54, 1.807) is 31.2 Å². The first-order valence-electron chi connectivity index (χ1n) is 10.3. The highest BCUT2D eigenvalue weighted by Crippen LogP contribution is 2.19. The van der Waals surface area contributed by atoms with Crippen LogP contribution in [0.15, 0.2) is 65.7 Å². The SMILES string of the molecule is CCCCCOc1cccc(C(=O)Nc2ccc(S(=O)(=O)Nc3nccc(C)n3)cc2)c1. The molecule has 0 saturated heterocycles. The number of amides is 1. The predicted octanol–water partition coefficient (Wildman–Crippen LogP) is 4.41. The third-order valence-electron chi connectivity index (χ3n) is 4.56. The fraction of sp³-hybridized carbons (Fsp3) is 0.261. The Hall–Kier alpha value is -3.46. The Morgan fingerprint density at radius 2 is 1.84 bits per heavy atom. The number of hydrogen-bond donors (Lipinski definition) is 2. The summed E-state index contributed by atoms with van der Waals surface area (Å²) < 4.78 is 33.1. The Labute approximate surface area is 188 Å². The second-order valence-corrected chi connectivity index (χ2v) is 8.87. The standard InChI is InChI=1S/C23H26N4O4S/c1-3-4-5-15-31-20-8-6-7-18(16-20)22(28)26-19-9-11-21(12-10-19)32(29,30)27-23-24-14-13-17(2)25-23/h6-14,16H,3-5,15H2,1-2H3,(H,26,28)(H,24,25,27). The van der Waals surface area contributed by atoms with E-state index in [0.717, 1.165) is 19.3 Å². The largest absolute Gasteiger partial charge is 0.494 e. The number of carbonyl (C=O) groups is 1. The van der Waals surface area contributed by atoms with Gasteiger partial charge in [-0.25, -0.2) is 23.1 Å². The number of rotatable bonds is 10. The molecule has 3 rings (SSSR count). The van der Waals surface area contributed by atoms with E-state index in [1.165, 1.54) is 30.5 Å². The Bertz CT molecular complexity index is 1160. The minimum atomic E-state index is -3.85. The van der Waals surface area contributed by atoms with Crippen LogP contribution in [0.4, 0.5) is 11.6 Å². The molecular weight excluding hydrogens is 428 g/mol. The van der Waals surface area contributed by atoms with Crippen molar-refractivity contribution in [3.05, 3.63) is 72.1 Å². The minimum absolute atomic E-state index is 0.000765. The van der Waals surface area contributed by atoms with Gasteiger partial charge in [-0.05, 0) is 61.9 Å². The molecule has 8 nitrogen and oxygen atoms in total. The molecule has 3 aromatic rings. The van der Waals surface area contributed by atoms with Crippen molar-refractivity contribution in [3.63, 3.8) is 0 Å². The van der Waals surface area contributed by atoms with Crippen molar-refractivity contribution >= 4 is 27.6 Å². The molecule has 1 amide bonds. The van der Waals surface area contributed by atoms with E-state index in [-0.39, 0.29) is 16.8 Å². The summed E-state index contributed by atoms with van der Waals surface area (Å²) in [6, 6.07) is 14.5. The Kier molecular flexibility index (Phi) is 7.77. The summed E-state index contributed by atoms with van der Waals surface area (Å²) in [4.78, 5) is 20.6. The summed E-state index contributed by atoms with van der Waals surface area (Å²) >= 11 is 0. The third kappa shape index (κ3) is 6.52. The van der Waals surface area contributed by atoms with E-state index in [9.17, 15) is 13.2 Å². The van der Waals surface area contributed by atoms with E-state index in [0.29, 0.717) is 29.3 Å². The van der Waals surface area contributed by atoms with Crippen molar-refractivity contribution in [2.45, 2.75) is 38.0 Å². The molecule has 0 fully saturated rings. The Morgan fingerprint density at radius 1 is 1.06 bits per heavy atom. The summed E-state index contributed by atoms with van der Waals surface area (Å²) in [5, 5.41) is 2.76. The molecule has 0 spiro atoms.